The Kier molecular flexibility index (Phi) is 5.95. The molecule has 0 fully saturated rings. The molecule has 2 nitrogen and oxygen atoms in total. The van der Waals surface area contributed by atoms with Crippen LogP contribution in [0.25, 0.3) is 0 Å². The second-order valence-electron chi connectivity index (χ2n) is 4.01. The molecule has 0 bridgehead atoms. The Bertz CT molecular complexity index is 440. The fraction of sp³-hybridized carbons (Fsp3) is 0.500. The molecule has 1 aromatic rings. The van der Waals surface area contributed by atoms with Crippen molar-refractivity contribution in [2.45, 2.75) is 25.1 Å². The summed E-state index contributed by atoms with van der Waals surface area (Å²) in [7, 11) is 3.07. The topological polar surface area (TPSA) is 21.3 Å². The molecule has 0 spiro atoms. The molecule has 7 heteroatoms. The van der Waals surface area contributed by atoms with E-state index in [0.717, 1.165) is 0 Å². The number of alkyl halides is 3. The maximum atomic E-state index is 12.3. The highest BCUT2D eigenvalue weighted by Crippen LogP contribution is 2.38. The molecular formula is C12H14BrClF3NO. The largest absolute Gasteiger partial charge is 0.495 e. The number of nitrogens with one attached hydrogen (secondary N) is 1. The average molecular weight is 361 g/mol. The zero-order chi connectivity index (χ0) is 14.6. The number of benzene rings is 1. The quantitative estimate of drug-likeness (QED) is 0.821. The first-order chi connectivity index (χ1) is 8.78. The summed E-state index contributed by atoms with van der Waals surface area (Å²) < 4.78 is 42.8. The Morgan fingerprint density at radius 2 is 2.05 bits per heavy atom. The van der Waals surface area contributed by atoms with E-state index in [-0.39, 0.29) is 6.42 Å². The molecule has 0 aliphatic carbocycles. The average Bonchev–Trinajstić information content (AvgIpc) is 2.27. The van der Waals surface area contributed by atoms with E-state index in [2.05, 4.69) is 21.2 Å². The third-order valence-electron chi connectivity index (χ3n) is 2.68. The molecule has 0 aliphatic heterocycles. The lowest BCUT2D eigenvalue weighted by atomic mass is 10.0. The van der Waals surface area contributed by atoms with E-state index in [1.807, 2.05) is 0 Å². The van der Waals surface area contributed by atoms with Crippen LogP contribution in [0.15, 0.2) is 16.6 Å². The van der Waals surface area contributed by atoms with Crippen molar-refractivity contribution in [1.82, 2.24) is 5.32 Å². The van der Waals surface area contributed by atoms with E-state index >= 15 is 0 Å². The van der Waals surface area contributed by atoms with Gasteiger partial charge in [0.05, 0.1) is 11.6 Å². The zero-order valence-electron chi connectivity index (χ0n) is 10.4. The third-order valence-corrected chi connectivity index (χ3v) is 3.49. The predicted octanol–water partition coefficient (Wildman–Crippen LogP) is 4.71. The van der Waals surface area contributed by atoms with Gasteiger partial charge in [0.2, 0.25) is 0 Å². The Labute approximate surface area is 123 Å². The van der Waals surface area contributed by atoms with Gasteiger partial charge in [0.15, 0.2) is 0 Å². The number of rotatable bonds is 5. The van der Waals surface area contributed by atoms with E-state index in [4.69, 9.17) is 16.3 Å². The molecule has 1 rings (SSSR count). The van der Waals surface area contributed by atoms with Crippen LogP contribution in [-0.4, -0.2) is 20.3 Å². The molecule has 0 saturated heterocycles. The third kappa shape index (κ3) is 4.85. The van der Waals surface area contributed by atoms with Crippen LogP contribution in [0.3, 0.4) is 0 Å². The number of hydrogen-bond donors (Lipinski definition) is 1. The van der Waals surface area contributed by atoms with Gasteiger partial charge in [-0.15, -0.1) is 0 Å². The highest BCUT2D eigenvalue weighted by atomic mass is 79.9. The van der Waals surface area contributed by atoms with Gasteiger partial charge in [0.1, 0.15) is 5.75 Å². The minimum atomic E-state index is -4.18. The minimum absolute atomic E-state index is 0.0802. The fourth-order valence-corrected chi connectivity index (χ4v) is 2.81. The summed E-state index contributed by atoms with van der Waals surface area (Å²) in [6, 6.07) is 2.77. The van der Waals surface area contributed by atoms with Gasteiger partial charge < -0.3 is 10.1 Å². The van der Waals surface area contributed by atoms with Crippen molar-refractivity contribution in [3.63, 3.8) is 0 Å². The first-order valence-corrected chi connectivity index (χ1v) is 6.72. The summed E-state index contributed by atoms with van der Waals surface area (Å²) in [5.41, 5.74) is 0.605. The highest BCUT2D eigenvalue weighted by Gasteiger charge is 2.29. The van der Waals surface area contributed by atoms with Crippen LogP contribution in [0.4, 0.5) is 13.2 Å². The molecular weight excluding hydrogens is 346 g/mol. The smallest absolute Gasteiger partial charge is 0.389 e. The van der Waals surface area contributed by atoms with E-state index in [1.165, 1.54) is 7.11 Å². The van der Waals surface area contributed by atoms with Crippen molar-refractivity contribution in [2.75, 3.05) is 14.2 Å². The molecule has 0 aliphatic rings. The first-order valence-electron chi connectivity index (χ1n) is 5.55. The number of hydrogen-bond acceptors (Lipinski definition) is 2. The van der Waals surface area contributed by atoms with Crippen molar-refractivity contribution < 1.29 is 17.9 Å². The molecule has 1 unspecified atom stereocenters. The van der Waals surface area contributed by atoms with Gasteiger partial charge in [-0.3, -0.25) is 0 Å². The Balaban J connectivity index is 3.03. The van der Waals surface area contributed by atoms with Gasteiger partial charge in [-0.1, -0.05) is 11.6 Å². The van der Waals surface area contributed by atoms with Crippen LogP contribution < -0.4 is 10.1 Å². The van der Waals surface area contributed by atoms with E-state index in [0.29, 0.717) is 20.8 Å². The fourth-order valence-electron chi connectivity index (χ4n) is 1.82. The maximum Gasteiger partial charge on any atom is 0.389 e. The molecule has 0 amide bonds. The van der Waals surface area contributed by atoms with Crippen molar-refractivity contribution >= 4 is 27.5 Å². The normalized spacial score (nSPS) is 13.4. The molecule has 108 valence electrons. The number of ether oxygens (including phenoxy) is 1. The van der Waals surface area contributed by atoms with Crippen molar-refractivity contribution in [3.8, 4) is 5.75 Å². The van der Waals surface area contributed by atoms with Crippen LogP contribution in [-0.2, 0) is 0 Å². The highest BCUT2D eigenvalue weighted by molar-refractivity contribution is 9.10. The molecule has 1 N–H and O–H groups in total. The van der Waals surface area contributed by atoms with E-state index in [1.54, 1.807) is 19.2 Å². The number of methoxy groups -OCH3 is 1. The Morgan fingerprint density at radius 1 is 1.42 bits per heavy atom. The van der Waals surface area contributed by atoms with E-state index in [9.17, 15) is 13.2 Å². The van der Waals surface area contributed by atoms with Gasteiger partial charge >= 0.3 is 6.18 Å². The molecule has 0 heterocycles. The summed E-state index contributed by atoms with van der Waals surface area (Å²) >= 11 is 9.22. The van der Waals surface area contributed by atoms with Crippen LogP contribution in [0.2, 0.25) is 5.02 Å². The van der Waals surface area contributed by atoms with Gasteiger partial charge in [0.25, 0.3) is 0 Å². The van der Waals surface area contributed by atoms with Gasteiger partial charge in [-0.05, 0) is 41.5 Å². The van der Waals surface area contributed by atoms with Crippen LogP contribution in [0, 0.1) is 0 Å². The van der Waals surface area contributed by atoms with Crippen molar-refractivity contribution in [1.29, 1.82) is 0 Å². The monoisotopic (exact) mass is 359 g/mol. The zero-order valence-corrected chi connectivity index (χ0v) is 12.8. The summed E-state index contributed by atoms with van der Waals surface area (Å²) in [5, 5.41) is 3.30. The lowest BCUT2D eigenvalue weighted by Crippen LogP contribution is -2.20. The summed E-state index contributed by atoms with van der Waals surface area (Å²) in [4.78, 5) is 0. The molecule has 1 atom stereocenters. The van der Waals surface area contributed by atoms with Crippen molar-refractivity contribution in [3.05, 3.63) is 27.2 Å². The lowest BCUT2D eigenvalue weighted by molar-refractivity contribution is -0.136. The van der Waals surface area contributed by atoms with Crippen molar-refractivity contribution in [2.24, 2.45) is 0 Å². The number of halogens is 5. The summed E-state index contributed by atoms with van der Waals surface area (Å²) in [5.74, 6) is 0.492. The molecule has 19 heavy (non-hydrogen) atoms. The molecule has 0 aromatic heterocycles. The minimum Gasteiger partial charge on any atom is -0.495 e. The SMILES string of the molecule is CNC(CCC(F)(F)F)c1cc(Cl)cc(Br)c1OC. The lowest BCUT2D eigenvalue weighted by Gasteiger charge is -2.21. The predicted molar refractivity (Wildman–Crippen MR) is 72.8 cm³/mol. The van der Waals surface area contributed by atoms with Gasteiger partial charge in [-0.2, -0.15) is 13.2 Å². The summed E-state index contributed by atoms with van der Waals surface area (Å²) in [6.45, 7) is 0. The van der Waals surface area contributed by atoms with Gasteiger partial charge in [0, 0.05) is 23.0 Å². The second-order valence-corrected chi connectivity index (χ2v) is 5.30. The van der Waals surface area contributed by atoms with E-state index < -0.39 is 18.6 Å². The van der Waals surface area contributed by atoms with Gasteiger partial charge in [-0.25, -0.2) is 0 Å². The van der Waals surface area contributed by atoms with Crippen LogP contribution in [0.1, 0.15) is 24.4 Å². The molecule has 0 radical (unpaired) electrons. The Hall–Kier alpha value is -0.460. The molecule has 1 aromatic carbocycles. The standard InChI is InChI=1S/C12H14BrClF3NO/c1-18-10(3-4-12(15,16)17)8-5-7(14)6-9(13)11(8)19-2/h5-6,10,18H,3-4H2,1-2H3. The second kappa shape index (κ2) is 6.81. The molecule has 0 saturated carbocycles. The Morgan fingerprint density at radius 3 is 2.53 bits per heavy atom. The summed E-state index contributed by atoms with van der Waals surface area (Å²) in [6.07, 6.45) is -5.13. The maximum absolute atomic E-state index is 12.3. The van der Waals surface area contributed by atoms with Crippen LogP contribution >= 0.6 is 27.5 Å². The van der Waals surface area contributed by atoms with Crippen LogP contribution in [0.5, 0.6) is 5.75 Å². The first kappa shape index (κ1) is 16.6.